The zero-order valence-corrected chi connectivity index (χ0v) is 11.6. The van der Waals surface area contributed by atoms with Crippen molar-refractivity contribution in [2.75, 3.05) is 13.2 Å². The van der Waals surface area contributed by atoms with E-state index >= 15 is 0 Å². The number of carbonyl (C=O) groups excluding carboxylic acids is 1. The number of halogens is 1. The molecule has 4 nitrogen and oxygen atoms in total. The highest BCUT2D eigenvalue weighted by Crippen LogP contribution is 2.16. The molecule has 0 saturated carbocycles. The number of nitrogens with one attached hydrogen (secondary N) is 1. The Labute approximate surface area is 114 Å². The van der Waals surface area contributed by atoms with Crippen molar-refractivity contribution in [2.45, 2.75) is 12.5 Å². The average Bonchev–Trinajstić information content (AvgIpc) is 2.35. The molecule has 1 aromatic carbocycles. The van der Waals surface area contributed by atoms with Gasteiger partial charge in [-0.3, -0.25) is 4.79 Å². The molecule has 1 atom stereocenters. The largest absolute Gasteiger partial charge is 0.393 e. The van der Waals surface area contributed by atoms with Crippen molar-refractivity contribution in [2.24, 2.45) is 0 Å². The van der Waals surface area contributed by atoms with Crippen LogP contribution in [0.5, 0.6) is 0 Å². The molecule has 0 aliphatic heterocycles. The number of benzene rings is 1. The van der Waals surface area contributed by atoms with Crippen molar-refractivity contribution in [3.05, 3.63) is 40.4 Å². The molecule has 0 heterocycles. The van der Waals surface area contributed by atoms with E-state index in [1.807, 2.05) is 24.3 Å². The summed E-state index contributed by atoms with van der Waals surface area (Å²) in [6.45, 7) is 1.05. The van der Waals surface area contributed by atoms with Crippen LogP contribution < -0.4 is 5.32 Å². The van der Waals surface area contributed by atoms with Gasteiger partial charge in [0.2, 0.25) is 5.91 Å². The smallest absolute Gasteiger partial charge is 0.244 e. The van der Waals surface area contributed by atoms with Crippen LogP contribution in [0.2, 0.25) is 0 Å². The molecule has 0 spiro atoms. The van der Waals surface area contributed by atoms with Gasteiger partial charge >= 0.3 is 0 Å². The van der Waals surface area contributed by atoms with E-state index in [4.69, 9.17) is 5.11 Å². The maximum Gasteiger partial charge on any atom is 0.244 e. The summed E-state index contributed by atoms with van der Waals surface area (Å²) in [5.74, 6) is -0.320. The lowest BCUT2D eigenvalue weighted by molar-refractivity contribution is -0.117. The Balaban J connectivity index is 2.53. The molecule has 18 heavy (non-hydrogen) atoms. The SMILES string of the molecule is CC(O)(CO)CNC(=O)C=Cc1ccccc1Br. The lowest BCUT2D eigenvalue weighted by Crippen LogP contribution is -2.42. The minimum atomic E-state index is -1.29. The Morgan fingerprint density at radius 1 is 1.50 bits per heavy atom. The van der Waals surface area contributed by atoms with Gasteiger partial charge in [-0.15, -0.1) is 0 Å². The van der Waals surface area contributed by atoms with E-state index < -0.39 is 12.2 Å². The predicted octanol–water partition coefficient (Wildman–Crippen LogP) is 1.32. The third-order valence-electron chi connectivity index (χ3n) is 2.30. The van der Waals surface area contributed by atoms with Crippen LogP contribution in [0.1, 0.15) is 12.5 Å². The van der Waals surface area contributed by atoms with Gasteiger partial charge in [-0.25, -0.2) is 0 Å². The van der Waals surface area contributed by atoms with Crippen LogP contribution in [0.15, 0.2) is 34.8 Å². The third kappa shape index (κ3) is 5.00. The highest BCUT2D eigenvalue weighted by atomic mass is 79.9. The number of carbonyl (C=O) groups is 1. The van der Waals surface area contributed by atoms with Crippen LogP contribution >= 0.6 is 15.9 Å². The zero-order valence-electron chi connectivity index (χ0n) is 10.1. The first-order valence-electron chi connectivity index (χ1n) is 5.48. The summed E-state index contributed by atoms with van der Waals surface area (Å²) >= 11 is 3.37. The van der Waals surface area contributed by atoms with Gasteiger partial charge in [-0.2, -0.15) is 0 Å². The highest BCUT2D eigenvalue weighted by molar-refractivity contribution is 9.10. The molecular formula is C13H16BrNO3. The predicted molar refractivity (Wildman–Crippen MR) is 73.9 cm³/mol. The van der Waals surface area contributed by atoms with Crippen LogP contribution in [-0.4, -0.2) is 34.9 Å². The van der Waals surface area contributed by atoms with Crippen molar-refractivity contribution in [3.63, 3.8) is 0 Å². The number of hydrogen-bond donors (Lipinski definition) is 3. The van der Waals surface area contributed by atoms with Crippen LogP contribution in [0, 0.1) is 0 Å². The molecule has 0 aromatic heterocycles. The fourth-order valence-electron chi connectivity index (χ4n) is 1.17. The maximum atomic E-state index is 11.5. The molecule has 5 heteroatoms. The van der Waals surface area contributed by atoms with Gasteiger partial charge in [0.25, 0.3) is 0 Å². The third-order valence-corrected chi connectivity index (χ3v) is 3.03. The number of aliphatic hydroxyl groups is 2. The standard InChI is InChI=1S/C13H16BrNO3/c1-13(18,9-16)8-15-12(17)7-6-10-4-2-3-5-11(10)14/h2-7,16,18H,8-9H2,1H3,(H,15,17). The van der Waals surface area contributed by atoms with Crippen molar-refractivity contribution in [3.8, 4) is 0 Å². The van der Waals surface area contributed by atoms with Gasteiger partial charge in [0.15, 0.2) is 0 Å². The van der Waals surface area contributed by atoms with Gasteiger partial charge in [0, 0.05) is 17.1 Å². The van der Waals surface area contributed by atoms with E-state index in [1.165, 1.54) is 13.0 Å². The number of amides is 1. The molecule has 1 aromatic rings. The second-order valence-corrected chi connectivity index (χ2v) is 5.08. The molecule has 0 radical (unpaired) electrons. The average molecular weight is 314 g/mol. The van der Waals surface area contributed by atoms with Crippen LogP contribution in [0.25, 0.3) is 6.08 Å². The molecule has 0 saturated heterocycles. The molecule has 1 amide bonds. The van der Waals surface area contributed by atoms with Gasteiger partial charge < -0.3 is 15.5 Å². The van der Waals surface area contributed by atoms with Crippen molar-refractivity contribution < 1.29 is 15.0 Å². The van der Waals surface area contributed by atoms with Gasteiger partial charge in [-0.1, -0.05) is 34.1 Å². The molecule has 98 valence electrons. The second kappa shape index (κ2) is 6.68. The first kappa shape index (κ1) is 14.9. The normalized spacial score (nSPS) is 14.4. The van der Waals surface area contributed by atoms with E-state index in [-0.39, 0.29) is 12.5 Å². The van der Waals surface area contributed by atoms with E-state index in [1.54, 1.807) is 6.08 Å². The van der Waals surface area contributed by atoms with E-state index in [9.17, 15) is 9.90 Å². The highest BCUT2D eigenvalue weighted by Gasteiger charge is 2.18. The zero-order chi connectivity index (χ0) is 13.6. The monoisotopic (exact) mass is 313 g/mol. The molecular weight excluding hydrogens is 298 g/mol. The Morgan fingerprint density at radius 3 is 2.78 bits per heavy atom. The van der Waals surface area contributed by atoms with Crippen molar-refractivity contribution in [1.29, 1.82) is 0 Å². The second-order valence-electron chi connectivity index (χ2n) is 4.23. The molecule has 1 rings (SSSR count). The van der Waals surface area contributed by atoms with E-state index in [0.717, 1.165) is 10.0 Å². The summed E-state index contributed by atoms with van der Waals surface area (Å²) in [5.41, 5.74) is -0.404. The molecule has 0 aliphatic carbocycles. The minimum absolute atomic E-state index is 0.00261. The van der Waals surface area contributed by atoms with E-state index in [2.05, 4.69) is 21.2 Å². The molecule has 0 aliphatic rings. The van der Waals surface area contributed by atoms with Gasteiger partial charge in [-0.05, 0) is 24.6 Å². The van der Waals surface area contributed by atoms with E-state index in [0.29, 0.717) is 0 Å². The molecule has 3 N–H and O–H groups in total. The Hall–Kier alpha value is -1.17. The molecule has 1 unspecified atom stereocenters. The number of hydrogen-bond acceptors (Lipinski definition) is 3. The van der Waals surface area contributed by atoms with Crippen LogP contribution in [0.4, 0.5) is 0 Å². The lowest BCUT2D eigenvalue weighted by atomic mass is 10.1. The van der Waals surface area contributed by atoms with Gasteiger partial charge in [0.05, 0.1) is 6.61 Å². The quantitative estimate of drug-likeness (QED) is 0.718. The summed E-state index contributed by atoms with van der Waals surface area (Å²) in [5, 5.41) is 20.8. The van der Waals surface area contributed by atoms with Crippen molar-refractivity contribution in [1.82, 2.24) is 5.32 Å². The minimum Gasteiger partial charge on any atom is -0.393 e. The Bertz CT molecular complexity index is 444. The van der Waals surface area contributed by atoms with Crippen LogP contribution in [0.3, 0.4) is 0 Å². The summed E-state index contributed by atoms with van der Waals surface area (Å²) in [6, 6.07) is 7.52. The summed E-state index contributed by atoms with van der Waals surface area (Å²) in [6.07, 6.45) is 3.06. The Kier molecular flexibility index (Phi) is 5.53. The first-order valence-corrected chi connectivity index (χ1v) is 6.27. The molecule has 0 bridgehead atoms. The fraction of sp³-hybridized carbons (Fsp3) is 0.308. The summed E-state index contributed by atoms with van der Waals surface area (Å²) in [4.78, 5) is 11.5. The topological polar surface area (TPSA) is 69.6 Å². The first-order chi connectivity index (χ1) is 8.44. The lowest BCUT2D eigenvalue weighted by Gasteiger charge is -2.19. The summed E-state index contributed by atoms with van der Waals surface area (Å²) < 4.78 is 0.899. The molecule has 0 fully saturated rings. The van der Waals surface area contributed by atoms with Crippen LogP contribution in [-0.2, 0) is 4.79 Å². The van der Waals surface area contributed by atoms with Crippen molar-refractivity contribution >= 4 is 27.9 Å². The van der Waals surface area contributed by atoms with Gasteiger partial charge in [0.1, 0.15) is 5.60 Å². The fourth-order valence-corrected chi connectivity index (χ4v) is 1.59. The maximum absolute atomic E-state index is 11.5. The number of rotatable bonds is 5. The number of aliphatic hydroxyl groups excluding tert-OH is 1. The summed E-state index contributed by atoms with van der Waals surface area (Å²) in [7, 11) is 0. The Morgan fingerprint density at radius 2 is 2.17 bits per heavy atom.